The number of halogens is 3. The van der Waals surface area contributed by atoms with E-state index in [1.807, 2.05) is 6.07 Å². The molecule has 14 heavy (non-hydrogen) atoms. The van der Waals surface area contributed by atoms with Gasteiger partial charge in [0.15, 0.2) is 0 Å². The molecule has 1 rings (SSSR count). The van der Waals surface area contributed by atoms with Crippen LogP contribution in [-0.4, -0.2) is 0 Å². The van der Waals surface area contributed by atoms with Crippen molar-refractivity contribution in [1.29, 1.82) is 0 Å². The van der Waals surface area contributed by atoms with Crippen LogP contribution in [0.2, 0.25) is 5.02 Å². The molecule has 0 heterocycles. The molecular weight excluding hydrogens is 283 g/mol. The fourth-order valence-electron chi connectivity index (χ4n) is 1.43. The van der Waals surface area contributed by atoms with Crippen molar-refractivity contribution in [1.82, 2.24) is 0 Å². The van der Waals surface area contributed by atoms with E-state index in [0.717, 1.165) is 21.5 Å². The molecule has 0 aliphatic heterocycles. The molecule has 1 aromatic carbocycles. The average Bonchev–Trinajstić information content (AvgIpc) is 2.01. The van der Waals surface area contributed by atoms with Gasteiger partial charge < -0.3 is 0 Å². The van der Waals surface area contributed by atoms with Gasteiger partial charge in [-0.05, 0) is 35.6 Å². The average molecular weight is 296 g/mol. The first kappa shape index (κ1) is 12.4. The lowest BCUT2D eigenvalue weighted by molar-refractivity contribution is 0.644. The third kappa shape index (κ3) is 3.15. The maximum absolute atomic E-state index is 6.10. The van der Waals surface area contributed by atoms with Crippen LogP contribution in [0.15, 0.2) is 16.6 Å². The Morgan fingerprint density at radius 1 is 1.36 bits per heavy atom. The smallest absolute Gasteiger partial charge is 0.0491 e. The fourth-order valence-corrected chi connectivity index (χ4v) is 2.76. The van der Waals surface area contributed by atoms with Crippen LogP contribution in [-0.2, 0) is 12.3 Å². The number of hydrogen-bond donors (Lipinski definition) is 0. The van der Waals surface area contributed by atoms with Gasteiger partial charge in [0, 0.05) is 15.4 Å². The zero-order chi connectivity index (χ0) is 10.7. The van der Waals surface area contributed by atoms with Gasteiger partial charge in [0.2, 0.25) is 0 Å². The Morgan fingerprint density at radius 2 is 2.00 bits per heavy atom. The van der Waals surface area contributed by atoms with Crippen molar-refractivity contribution in [2.24, 2.45) is 5.92 Å². The maximum Gasteiger partial charge on any atom is 0.0491 e. The van der Waals surface area contributed by atoms with Crippen molar-refractivity contribution >= 4 is 39.1 Å². The lowest BCUT2D eigenvalue weighted by Gasteiger charge is -2.12. The van der Waals surface area contributed by atoms with Crippen LogP contribution in [0.25, 0.3) is 0 Å². The van der Waals surface area contributed by atoms with Crippen molar-refractivity contribution in [3.05, 3.63) is 32.8 Å². The second-order valence-electron chi connectivity index (χ2n) is 3.76. The summed E-state index contributed by atoms with van der Waals surface area (Å²) in [6.45, 7) is 4.37. The minimum absolute atomic E-state index is 0.480. The highest BCUT2D eigenvalue weighted by atomic mass is 79.9. The number of hydrogen-bond acceptors (Lipinski definition) is 0. The Kier molecular flexibility index (Phi) is 4.75. The molecule has 0 unspecified atom stereocenters. The molecule has 0 atom stereocenters. The monoisotopic (exact) mass is 294 g/mol. The third-order valence-corrected chi connectivity index (χ3v) is 3.08. The summed E-state index contributed by atoms with van der Waals surface area (Å²) in [4.78, 5) is 0. The molecule has 78 valence electrons. The molecule has 0 radical (unpaired) electrons. The van der Waals surface area contributed by atoms with E-state index in [0.29, 0.717) is 11.8 Å². The van der Waals surface area contributed by atoms with Gasteiger partial charge in [-0.1, -0.05) is 41.4 Å². The van der Waals surface area contributed by atoms with Crippen LogP contribution >= 0.6 is 39.1 Å². The van der Waals surface area contributed by atoms with Crippen molar-refractivity contribution in [3.8, 4) is 0 Å². The predicted molar refractivity (Wildman–Crippen MR) is 67.3 cm³/mol. The Bertz CT molecular complexity index is 321. The van der Waals surface area contributed by atoms with Crippen LogP contribution in [0.4, 0.5) is 0 Å². The van der Waals surface area contributed by atoms with E-state index < -0.39 is 0 Å². The van der Waals surface area contributed by atoms with Crippen LogP contribution in [0.1, 0.15) is 25.0 Å². The number of benzene rings is 1. The van der Waals surface area contributed by atoms with Gasteiger partial charge in [-0.2, -0.15) is 0 Å². The van der Waals surface area contributed by atoms with Crippen molar-refractivity contribution < 1.29 is 0 Å². The van der Waals surface area contributed by atoms with Crippen LogP contribution in [0.3, 0.4) is 0 Å². The van der Waals surface area contributed by atoms with Crippen LogP contribution in [0, 0.1) is 5.92 Å². The SMILES string of the molecule is CC(C)Cc1cc(Br)cc(Cl)c1CCl. The molecule has 3 heteroatoms. The zero-order valence-electron chi connectivity index (χ0n) is 8.28. The summed E-state index contributed by atoms with van der Waals surface area (Å²) in [6, 6.07) is 3.99. The maximum atomic E-state index is 6.10. The Morgan fingerprint density at radius 3 is 2.50 bits per heavy atom. The van der Waals surface area contributed by atoms with E-state index >= 15 is 0 Å². The topological polar surface area (TPSA) is 0 Å². The molecule has 0 saturated heterocycles. The van der Waals surface area contributed by atoms with Crippen molar-refractivity contribution in [2.75, 3.05) is 0 Å². The van der Waals surface area contributed by atoms with E-state index in [2.05, 4.69) is 35.8 Å². The normalized spacial score (nSPS) is 11.0. The first-order valence-electron chi connectivity index (χ1n) is 4.57. The standard InChI is InChI=1S/C11H13BrCl2/c1-7(2)3-8-4-9(12)5-11(14)10(8)6-13/h4-5,7H,3,6H2,1-2H3. The molecule has 0 aromatic heterocycles. The van der Waals surface area contributed by atoms with E-state index in [4.69, 9.17) is 23.2 Å². The Labute approximate surface area is 104 Å². The molecule has 0 amide bonds. The zero-order valence-corrected chi connectivity index (χ0v) is 11.4. The van der Waals surface area contributed by atoms with Gasteiger partial charge >= 0.3 is 0 Å². The highest BCUT2D eigenvalue weighted by Crippen LogP contribution is 2.28. The minimum Gasteiger partial charge on any atom is -0.121 e. The van der Waals surface area contributed by atoms with E-state index in [1.54, 1.807) is 0 Å². The highest BCUT2D eigenvalue weighted by Gasteiger charge is 2.09. The Hall–Kier alpha value is 0.280. The van der Waals surface area contributed by atoms with Crippen molar-refractivity contribution in [2.45, 2.75) is 26.1 Å². The lowest BCUT2D eigenvalue weighted by atomic mass is 9.99. The second-order valence-corrected chi connectivity index (χ2v) is 5.35. The van der Waals surface area contributed by atoms with E-state index in [1.165, 1.54) is 5.56 Å². The quantitative estimate of drug-likeness (QED) is 0.685. The van der Waals surface area contributed by atoms with Gasteiger partial charge in [-0.15, -0.1) is 11.6 Å². The van der Waals surface area contributed by atoms with Crippen LogP contribution in [0.5, 0.6) is 0 Å². The number of alkyl halides is 1. The van der Waals surface area contributed by atoms with Gasteiger partial charge in [0.1, 0.15) is 0 Å². The molecule has 0 fully saturated rings. The molecule has 1 aromatic rings. The van der Waals surface area contributed by atoms with Gasteiger partial charge in [0.05, 0.1) is 0 Å². The Balaban J connectivity index is 3.11. The molecule has 0 saturated carbocycles. The molecular formula is C11H13BrCl2. The summed E-state index contributed by atoms with van der Waals surface area (Å²) < 4.78 is 1.02. The predicted octanol–water partition coefficient (Wildman–Crippen LogP) is 5.04. The summed E-state index contributed by atoms with van der Waals surface area (Å²) in [7, 11) is 0. The summed E-state index contributed by atoms with van der Waals surface area (Å²) >= 11 is 15.4. The minimum atomic E-state index is 0.480. The molecule has 0 aliphatic rings. The van der Waals surface area contributed by atoms with E-state index in [-0.39, 0.29) is 0 Å². The lowest BCUT2D eigenvalue weighted by Crippen LogP contribution is -1.99. The van der Waals surface area contributed by atoms with Crippen molar-refractivity contribution in [3.63, 3.8) is 0 Å². The molecule has 0 N–H and O–H groups in total. The largest absolute Gasteiger partial charge is 0.121 e. The second kappa shape index (κ2) is 5.39. The summed E-state index contributed by atoms with van der Waals surface area (Å²) in [6.07, 6.45) is 1.02. The third-order valence-electron chi connectivity index (χ3n) is 2.01. The fraction of sp³-hybridized carbons (Fsp3) is 0.455. The summed E-state index contributed by atoms with van der Waals surface area (Å²) in [5, 5.41) is 0.755. The highest BCUT2D eigenvalue weighted by molar-refractivity contribution is 9.10. The van der Waals surface area contributed by atoms with Crippen LogP contribution < -0.4 is 0 Å². The number of rotatable bonds is 3. The first-order valence-corrected chi connectivity index (χ1v) is 6.28. The van der Waals surface area contributed by atoms with Gasteiger partial charge in [-0.25, -0.2) is 0 Å². The molecule has 0 nitrogen and oxygen atoms in total. The van der Waals surface area contributed by atoms with E-state index in [9.17, 15) is 0 Å². The molecule has 0 bridgehead atoms. The summed E-state index contributed by atoms with van der Waals surface area (Å²) in [5.74, 6) is 1.09. The first-order chi connectivity index (χ1) is 6.54. The van der Waals surface area contributed by atoms with Gasteiger partial charge in [0.25, 0.3) is 0 Å². The molecule has 0 spiro atoms. The summed E-state index contributed by atoms with van der Waals surface area (Å²) in [5.41, 5.74) is 2.31. The molecule has 0 aliphatic carbocycles. The van der Waals surface area contributed by atoms with Gasteiger partial charge in [-0.3, -0.25) is 0 Å².